The highest BCUT2D eigenvalue weighted by Crippen LogP contribution is 1.91. The molecule has 15 heavy (non-hydrogen) atoms. The number of hydrogen-bond acceptors (Lipinski definition) is 2. The molecule has 1 heterocycles. The van der Waals surface area contributed by atoms with Crippen LogP contribution in [0.25, 0.3) is 6.08 Å². The van der Waals surface area contributed by atoms with Crippen LogP contribution in [0.15, 0.2) is 31.0 Å². The van der Waals surface area contributed by atoms with Crippen molar-refractivity contribution in [3.8, 4) is 0 Å². The molecule has 0 spiro atoms. The lowest BCUT2D eigenvalue weighted by molar-refractivity contribution is 0.727. The Balaban J connectivity index is 0. The third-order valence-electron chi connectivity index (χ3n) is 1.70. The molecule has 0 aliphatic rings. The maximum atomic E-state index is 5.21. The number of hydrogen-bond donors (Lipinski definition) is 1. The van der Waals surface area contributed by atoms with Crippen LogP contribution in [0.4, 0.5) is 0 Å². The predicted molar refractivity (Wildman–Crippen MR) is 70.2 cm³/mol. The topological polar surface area (TPSA) is 38.9 Å². The Bertz CT molecular complexity index is 220. The van der Waals surface area contributed by atoms with Crippen LogP contribution in [-0.2, 0) is 0 Å². The zero-order chi connectivity index (χ0) is 10.6. The molecule has 0 bridgehead atoms. The van der Waals surface area contributed by atoms with Crippen molar-refractivity contribution in [1.29, 1.82) is 0 Å². The highest BCUT2D eigenvalue weighted by molar-refractivity contribution is 5.85. The van der Waals surface area contributed by atoms with Crippen LogP contribution in [0.2, 0.25) is 0 Å². The highest BCUT2D eigenvalue weighted by Gasteiger charge is 1.77. The normalized spacial score (nSPS) is 8.13. The van der Waals surface area contributed by atoms with Crippen LogP contribution in [0.5, 0.6) is 0 Å². The molecule has 0 saturated carbocycles. The van der Waals surface area contributed by atoms with Crippen LogP contribution in [-0.4, -0.2) is 11.5 Å². The Morgan fingerprint density at radius 2 is 2.13 bits per heavy atom. The van der Waals surface area contributed by atoms with E-state index in [9.17, 15) is 0 Å². The zero-order valence-electron chi connectivity index (χ0n) is 9.36. The highest BCUT2D eigenvalue weighted by atomic mass is 35.5. The number of nitrogens with zero attached hydrogens (tertiary/aromatic N) is 1. The summed E-state index contributed by atoms with van der Waals surface area (Å²) in [5.41, 5.74) is 6.14. The van der Waals surface area contributed by atoms with Crippen LogP contribution in [0.3, 0.4) is 0 Å². The molecule has 0 atom stereocenters. The van der Waals surface area contributed by atoms with Gasteiger partial charge in [-0.05, 0) is 31.2 Å². The standard InChI is InChI=1S/C7H7N.C5H13N.ClH/c1-2-7-5-3-4-6-8-7;1-2-3-4-5-6;/h2-6H,1H2;2-6H2,1H3;1H. The molecule has 0 aliphatic carbocycles. The van der Waals surface area contributed by atoms with Crippen LogP contribution in [0.1, 0.15) is 31.9 Å². The van der Waals surface area contributed by atoms with Crippen molar-refractivity contribution in [2.75, 3.05) is 6.54 Å². The molecule has 0 radical (unpaired) electrons. The SMILES string of the molecule is C=Cc1ccccn1.CCCCCN.Cl. The molecule has 1 rings (SSSR count). The van der Waals surface area contributed by atoms with Crippen LogP contribution < -0.4 is 5.73 Å². The number of halogens is 1. The molecule has 86 valence electrons. The van der Waals surface area contributed by atoms with Crippen molar-refractivity contribution in [1.82, 2.24) is 4.98 Å². The van der Waals surface area contributed by atoms with Gasteiger partial charge in [-0.3, -0.25) is 4.98 Å². The molecule has 1 aromatic rings. The molecule has 0 aromatic carbocycles. The Kier molecular flexibility index (Phi) is 14.5. The quantitative estimate of drug-likeness (QED) is 0.804. The minimum absolute atomic E-state index is 0. The number of aromatic nitrogens is 1. The third-order valence-corrected chi connectivity index (χ3v) is 1.70. The van der Waals surface area contributed by atoms with Gasteiger partial charge in [0.1, 0.15) is 0 Å². The molecular formula is C12H21ClN2. The van der Waals surface area contributed by atoms with Gasteiger partial charge in [0.05, 0.1) is 5.69 Å². The fourth-order valence-electron chi connectivity index (χ4n) is 0.891. The van der Waals surface area contributed by atoms with E-state index in [0.717, 1.165) is 12.2 Å². The van der Waals surface area contributed by atoms with E-state index in [-0.39, 0.29) is 12.4 Å². The first-order chi connectivity index (χ1) is 6.85. The Morgan fingerprint density at radius 3 is 2.40 bits per heavy atom. The molecule has 0 saturated heterocycles. The number of rotatable bonds is 4. The first-order valence-corrected chi connectivity index (χ1v) is 5.08. The molecule has 0 fully saturated rings. The summed E-state index contributed by atoms with van der Waals surface area (Å²) in [6.45, 7) is 6.60. The summed E-state index contributed by atoms with van der Waals surface area (Å²) in [5.74, 6) is 0. The average molecular weight is 229 g/mol. The van der Waals surface area contributed by atoms with Gasteiger partial charge in [-0.25, -0.2) is 0 Å². The number of unbranched alkanes of at least 4 members (excludes halogenated alkanes) is 2. The second-order valence-electron chi connectivity index (χ2n) is 2.95. The maximum absolute atomic E-state index is 5.21. The molecule has 2 N–H and O–H groups in total. The van der Waals surface area contributed by atoms with E-state index in [1.165, 1.54) is 19.3 Å². The van der Waals surface area contributed by atoms with Crippen LogP contribution in [0, 0.1) is 0 Å². The first kappa shape index (κ1) is 16.6. The van der Waals surface area contributed by atoms with Gasteiger partial charge in [0.2, 0.25) is 0 Å². The van der Waals surface area contributed by atoms with E-state index >= 15 is 0 Å². The third kappa shape index (κ3) is 11.1. The van der Waals surface area contributed by atoms with E-state index < -0.39 is 0 Å². The van der Waals surface area contributed by atoms with Gasteiger partial charge in [0, 0.05) is 6.20 Å². The summed E-state index contributed by atoms with van der Waals surface area (Å²) in [5, 5.41) is 0. The largest absolute Gasteiger partial charge is 0.330 e. The molecule has 2 nitrogen and oxygen atoms in total. The smallest absolute Gasteiger partial charge is 0.0623 e. The van der Waals surface area contributed by atoms with E-state index in [4.69, 9.17) is 5.73 Å². The summed E-state index contributed by atoms with van der Waals surface area (Å²) in [6, 6.07) is 5.73. The molecule has 1 aromatic heterocycles. The van der Waals surface area contributed by atoms with Gasteiger partial charge >= 0.3 is 0 Å². The summed E-state index contributed by atoms with van der Waals surface area (Å²) >= 11 is 0. The van der Waals surface area contributed by atoms with E-state index in [1.807, 2.05) is 18.2 Å². The van der Waals surface area contributed by atoms with Crippen molar-refractivity contribution in [3.63, 3.8) is 0 Å². The van der Waals surface area contributed by atoms with Gasteiger partial charge in [-0.1, -0.05) is 32.4 Å². The lowest BCUT2D eigenvalue weighted by Crippen LogP contribution is -1.96. The zero-order valence-corrected chi connectivity index (χ0v) is 10.2. The van der Waals surface area contributed by atoms with Gasteiger partial charge in [0.25, 0.3) is 0 Å². The molecule has 0 aliphatic heterocycles. The Hall–Kier alpha value is -0.860. The minimum atomic E-state index is 0. The lowest BCUT2D eigenvalue weighted by atomic mass is 10.3. The fraction of sp³-hybridized carbons (Fsp3) is 0.417. The number of nitrogens with two attached hydrogens (primary N) is 1. The van der Waals surface area contributed by atoms with Crippen molar-refractivity contribution < 1.29 is 0 Å². The second-order valence-corrected chi connectivity index (χ2v) is 2.95. The minimum Gasteiger partial charge on any atom is -0.330 e. The Labute approximate surface area is 99.0 Å². The van der Waals surface area contributed by atoms with Gasteiger partial charge in [0.15, 0.2) is 0 Å². The van der Waals surface area contributed by atoms with Crippen molar-refractivity contribution in [3.05, 3.63) is 36.7 Å². The summed E-state index contributed by atoms with van der Waals surface area (Å²) in [6.07, 6.45) is 7.22. The lowest BCUT2D eigenvalue weighted by Gasteiger charge is -1.86. The van der Waals surface area contributed by atoms with Crippen molar-refractivity contribution in [2.45, 2.75) is 26.2 Å². The monoisotopic (exact) mass is 228 g/mol. The van der Waals surface area contributed by atoms with E-state index in [1.54, 1.807) is 12.3 Å². The maximum Gasteiger partial charge on any atom is 0.0623 e. The molecular weight excluding hydrogens is 208 g/mol. The van der Waals surface area contributed by atoms with E-state index in [0.29, 0.717) is 0 Å². The summed E-state index contributed by atoms with van der Waals surface area (Å²) < 4.78 is 0. The first-order valence-electron chi connectivity index (χ1n) is 5.08. The molecule has 0 amide bonds. The summed E-state index contributed by atoms with van der Waals surface area (Å²) in [7, 11) is 0. The van der Waals surface area contributed by atoms with Gasteiger partial charge < -0.3 is 5.73 Å². The van der Waals surface area contributed by atoms with Crippen molar-refractivity contribution >= 4 is 18.5 Å². The van der Waals surface area contributed by atoms with Crippen molar-refractivity contribution in [2.24, 2.45) is 5.73 Å². The second kappa shape index (κ2) is 13.1. The Morgan fingerprint density at radius 1 is 1.40 bits per heavy atom. The fourth-order valence-corrected chi connectivity index (χ4v) is 0.891. The number of pyridine rings is 1. The molecule has 3 heteroatoms. The van der Waals surface area contributed by atoms with Gasteiger partial charge in [-0.15, -0.1) is 12.4 Å². The van der Waals surface area contributed by atoms with Crippen LogP contribution >= 0.6 is 12.4 Å². The predicted octanol–water partition coefficient (Wildman–Crippen LogP) is 3.28. The average Bonchev–Trinajstić information content (AvgIpc) is 2.28. The summed E-state index contributed by atoms with van der Waals surface area (Å²) in [4.78, 5) is 3.98. The van der Waals surface area contributed by atoms with E-state index in [2.05, 4.69) is 18.5 Å². The van der Waals surface area contributed by atoms with Gasteiger partial charge in [-0.2, -0.15) is 0 Å². The molecule has 0 unspecified atom stereocenters.